The molecule has 62 heavy (non-hydrogen) atoms. The van der Waals surface area contributed by atoms with Crippen molar-refractivity contribution >= 4 is 71.9 Å². The molecule has 304 valence electrons. The van der Waals surface area contributed by atoms with E-state index in [1.165, 1.54) is 110 Å². The number of hydrogen-bond acceptors (Lipinski definition) is 0. The number of benzene rings is 8. The summed E-state index contributed by atoms with van der Waals surface area (Å²) < 4.78 is 0. The van der Waals surface area contributed by atoms with Crippen molar-refractivity contribution < 1.29 is 26.2 Å². The predicted octanol–water partition coefficient (Wildman–Crippen LogP) is 14.3. The Bertz CT molecular complexity index is 2820. The SMILES string of the molecule is Cc1[cH-]c2cccc([Si](c3ccccc3)(c3ccccc3)c3cccc4[cH-]c(C)c(-c5cccc6ccccc56)c34)c2c1-c1cccc2ccccc12.[CH2-]CCC.[CH2-]CCC.[Zr+4]. The molecule has 0 unspecified atom stereocenters. The molecule has 0 atom stereocenters. The topological polar surface area (TPSA) is 0 Å². The third-order valence-electron chi connectivity index (χ3n) is 12.3. The van der Waals surface area contributed by atoms with E-state index in [9.17, 15) is 0 Å². The molecule has 2 heteroatoms. The first-order chi connectivity index (χ1) is 30.0. The van der Waals surface area contributed by atoms with Gasteiger partial charge in [0.2, 0.25) is 0 Å². The number of fused-ring (bicyclic) bond motifs is 4. The van der Waals surface area contributed by atoms with Crippen molar-refractivity contribution in [3.8, 4) is 22.3 Å². The van der Waals surface area contributed by atoms with Gasteiger partial charge >= 0.3 is 26.2 Å². The average Bonchev–Trinajstić information content (AvgIpc) is 3.85. The van der Waals surface area contributed by atoms with Crippen LogP contribution >= 0.6 is 0 Å². The van der Waals surface area contributed by atoms with E-state index >= 15 is 0 Å². The molecule has 10 rings (SSSR count). The van der Waals surface area contributed by atoms with E-state index in [1.54, 1.807) is 0 Å². The van der Waals surface area contributed by atoms with E-state index in [0.717, 1.165) is 12.8 Å². The third kappa shape index (κ3) is 8.17. The standard InChI is InChI=1S/C52H38Si.2C4H9.Zr/c1-35-33-39-21-15-31-47(51(39)49(35)45-29-13-19-37-17-9-11-27-43(37)45)53(41-23-5-3-6-24-41,42-25-7-4-8-26-42)48-32-16-22-40-34-36(2)50(52(40)48)46-30-14-20-38-18-10-12-28-44(38)46;2*1-3-4-2;/h3-34H,1-2H3;2*1,3-4H2,2H3;/q-2;2*-1;+4. The molecule has 0 bridgehead atoms. The molecule has 0 radical (unpaired) electrons. The van der Waals surface area contributed by atoms with Crippen molar-refractivity contribution in [2.24, 2.45) is 0 Å². The van der Waals surface area contributed by atoms with E-state index in [2.05, 4.69) is 236 Å². The minimum absolute atomic E-state index is 0. The Kier molecular flexibility index (Phi) is 14.5. The first kappa shape index (κ1) is 44.6. The van der Waals surface area contributed by atoms with Crippen LogP contribution in [0.25, 0.3) is 65.3 Å². The van der Waals surface area contributed by atoms with Crippen molar-refractivity contribution in [1.82, 2.24) is 0 Å². The first-order valence-corrected chi connectivity index (χ1v) is 24.0. The van der Waals surface area contributed by atoms with Crippen LogP contribution in [-0.4, -0.2) is 8.07 Å². The Balaban J connectivity index is 0.000000594. The van der Waals surface area contributed by atoms with Crippen LogP contribution < -0.4 is 20.7 Å². The second-order valence-electron chi connectivity index (χ2n) is 16.2. The Hall–Kier alpha value is -5.40. The molecule has 0 fully saturated rings. The molecule has 0 N–H and O–H groups in total. The fourth-order valence-electron chi connectivity index (χ4n) is 9.46. The summed E-state index contributed by atoms with van der Waals surface area (Å²) >= 11 is 0. The van der Waals surface area contributed by atoms with Gasteiger partial charge in [-0.1, -0.05) is 220 Å². The van der Waals surface area contributed by atoms with Gasteiger partial charge in [-0.05, 0) is 31.9 Å². The number of aryl methyl sites for hydroxylation is 2. The Morgan fingerprint density at radius 3 is 1.15 bits per heavy atom. The minimum Gasteiger partial charge on any atom is -0.343 e. The molecule has 0 aliphatic carbocycles. The molecule has 0 nitrogen and oxygen atoms in total. The van der Waals surface area contributed by atoms with Gasteiger partial charge in [-0.25, -0.2) is 0 Å². The van der Waals surface area contributed by atoms with Crippen LogP contribution in [0.15, 0.2) is 194 Å². The summed E-state index contributed by atoms with van der Waals surface area (Å²) in [4.78, 5) is 0. The van der Waals surface area contributed by atoms with Crippen molar-refractivity contribution in [2.75, 3.05) is 0 Å². The van der Waals surface area contributed by atoms with Gasteiger partial charge in [0.1, 0.15) is 0 Å². The van der Waals surface area contributed by atoms with Crippen LogP contribution in [0.2, 0.25) is 0 Å². The first-order valence-electron chi connectivity index (χ1n) is 22.0. The molecule has 0 aromatic heterocycles. The normalized spacial score (nSPS) is 11.2. The van der Waals surface area contributed by atoms with Crippen LogP contribution in [-0.2, 0) is 26.2 Å². The zero-order valence-corrected chi connectivity index (χ0v) is 40.2. The van der Waals surface area contributed by atoms with Gasteiger partial charge in [0.15, 0.2) is 8.07 Å². The summed E-state index contributed by atoms with van der Waals surface area (Å²) in [5, 5.41) is 16.1. The molecule has 0 aliphatic rings. The van der Waals surface area contributed by atoms with Crippen LogP contribution in [0.1, 0.15) is 50.7 Å². The molecule has 0 heterocycles. The summed E-state index contributed by atoms with van der Waals surface area (Å²) in [6.07, 6.45) is 4.56. The smallest absolute Gasteiger partial charge is 0.343 e. The maximum atomic E-state index is 3.60. The fraction of sp³-hybridized carbons (Fsp3) is 0.133. The van der Waals surface area contributed by atoms with E-state index in [4.69, 9.17) is 0 Å². The van der Waals surface area contributed by atoms with Crippen LogP contribution in [0, 0.1) is 27.7 Å². The van der Waals surface area contributed by atoms with Gasteiger partial charge in [-0.15, -0.1) is 80.2 Å². The number of hydrogen-bond donors (Lipinski definition) is 0. The number of rotatable bonds is 8. The van der Waals surface area contributed by atoms with Crippen molar-refractivity contribution in [3.63, 3.8) is 0 Å². The van der Waals surface area contributed by atoms with Crippen LogP contribution in [0.4, 0.5) is 0 Å². The summed E-state index contributed by atoms with van der Waals surface area (Å²) in [5.41, 5.74) is 7.91. The molecule has 10 aromatic rings. The fourth-order valence-corrected chi connectivity index (χ4v) is 14.7. The van der Waals surface area contributed by atoms with Crippen LogP contribution in [0.5, 0.6) is 0 Å². The minimum atomic E-state index is -3.07. The van der Waals surface area contributed by atoms with E-state index < -0.39 is 8.07 Å². The third-order valence-corrected chi connectivity index (χ3v) is 17.1. The summed E-state index contributed by atoms with van der Waals surface area (Å²) in [7, 11) is -3.07. The Morgan fingerprint density at radius 2 is 0.758 bits per heavy atom. The molecular weight excluding hydrogens is 840 g/mol. The van der Waals surface area contributed by atoms with Gasteiger partial charge in [0, 0.05) is 0 Å². The van der Waals surface area contributed by atoms with Crippen molar-refractivity contribution in [2.45, 2.75) is 53.4 Å². The Labute approximate surface area is 390 Å². The predicted molar refractivity (Wildman–Crippen MR) is 272 cm³/mol. The van der Waals surface area contributed by atoms with E-state index in [1.807, 2.05) is 0 Å². The molecule has 0 aliphatic heterocycles. The second kappa shape index (κ2) is 20.2. The molecule has 0 saturated carbocycles. The maximum absolute atomic E-state index is 3.60. The molecular formula is C60H56SiZr. The van der Waals surface area contributed by atoms with Gasteiger partial charge in [0.05, 0.1) is 0 Å². The van der Waals surface area contributed by atoms with Crippen molar-refractivity contribution in [3.05, 3.63) is 219 Å². The largest absolute Gasteiger partial charge is 4.00 e. The second-order valence-corrected chi connectivity index (χ2v) is 19.9. The molecule has 10 aromatic carbocycles. The molecule has 0 saturated heterocycles. The van der Waals surface area contributed by atoms with Gasteiger partial charge in [-0.2, -0.15) is 12.8 Å². The van der Waals surface area contributed by atoms with Gasteiger partial charge in [-0.3, -0.25) is 0 Å². The Morgan fingerprint density at radius 1 is 0.419 bits per heavy atom. The molecule has 0 amide bonds. The van der Waals surface area contributed by atoms with Gasteiger partial charge in [0.25, 0.3) is 0 Å². The quantitative estimate of drug-likeness (QED) is 0.0810. The summed E-state index contributed by atoms with van der Waals surface area (Å²) in [6, 6.07) is 73.2. The van der Waals surface area contributed by atoms with E-state index in [0.29, 0.717) is 0 Å². The van der Waals surface area contributed by atoms with Crippen molar-refractivity contribution in [1.29, 1.82) is 0 Å². The maximum Gasteiger partial charge on any atom is 4.00 e. The van der Waals surface area contributed by atoms with E-state index in [-0.39, 0.29) is 26.2 Å². The van der Waals surface area contributed by atoms with Crippen LogP contribution in [0.3, 0.4) is 0 Å². The zero-order chi connectivity index (χ0) is 42.3. The molecule has 0 spiro atoms. The monoisotopic (exact) mass is 894 g/mol. The summed E-state index contributed by atoms with van der Waals surface area (Å²) in [6.45, 7) is 16.0. The average molecular weight is 896 g/mol. The summed E-state index contributed by atoms with van der Waals surface area (Å²) in [5.74, 6) is 0. The zero-order valence-electron chi connectivity index (χ0n) is 36.7. The van der Waals surface area contributed by atoms with Gasteiger partial charge < -0.3 is 13.8 Å². The number of unbranched alkanes of at least 4 members (excludes halogenated alkanes) is 2.